The largest absolute Gasteiger partial charge is 0.743 e. The number of benzene rings is 1. The number of nitrogens with two attached hydrogens (primary N) is 1. The summed E-state index contributed by atoms with van der Waals surface area (Å²) in [6, 6.07) is 9.38. The van der Waals surface area contributed by atoms with Crippen LogP contribution in [-0.4, -0.2) is 5.17 Å². The van der Waals surface area contributed by atoms with Gasteiger partial charge >= 0.3 is 0 Å². The third-order valence-corrected chi connectivity index (χ3v) is 1.09. The van der Waals surface area contributed by atoms with E-state index in [0.717, 1.165) is 5.69 Å². The second-order valence-electron chi connectivity index (χ2n) is 1.79. The molecule has 3 heteroatoms. The highest BCUT2D eigenvalue weighted by Crippen LogP contribution is 2.08. The molecule has 0 aromatic heterocycles. The summed E-state index contributed by atoms with van der Waals surface area (Å²) in [5, 5.41) is 0.172. The molecule has 0 atom stereocenters. The van der Waals surface area contributed by atoms with Crippen molar-refractivity contribution in [1.82, 2.24) is 0 Å². The van der Waals surface area contributed by atoms with Crippen LogP contribution in [0.5, 0.6) is 0 Å². The molecule has 52 valence electrons. The molecule has 0 saturated heterocycles. The van der Waals surface area contributed by atoms with Gasteiger partial charge in [0.15, 0.2) is 0 Å². The third-order valence-electron chi connectivity index (χ3n) is 0.995. The fourth-order valence-corrected chi connectivity index (χ4v) is 0.735. The van der Waals surface area contributed by atoms with Crippen LogP contribution in [0.3, 0.4) is 0 Å². The maximum atomic E-state index is 5.19. The Morgan fingerprint density at radius 3 is 2.40 bits per heavy atom. The first-order valence-electron chi connectivity index (χ1n) is 2.85. The quantitative estimate of drug-likeness (QED) is 0.372. The van der Waals surface area contributed by atoms with Gasteiger partial charge in [-0.25, -0.2) is 0 Å². The maximum absolute atomic E-state index is 5.19. The summed E-state index contributed by atoms with van der Waals surface area (Å²) in [6.07, 6.45) is 0. The summed E-state index contributed by atoms with van der Waals surface area (Å²) >= 11 is 4.59. The minimum absolute atomic E-state index is 0.172. The van der Waals surface area contributed by atoms with Crippen LogP contribution in [0.1, 0.15) is 0 Å². The fraction of sp³-hybridized carbons (Fsp3) is 0. The van der Waals surface area contributed by atoms with E-state index < -0.39 is 0 Å². The van der Waals surface area contributed by atoms with Gasteiger partial charge in [-0.1, -0.05) is 18.2 Å². The van der Waals surface area contributed by atoms with E-state index in [1.807, 2.05) is 30.3 Å². The van der Waals surface area contributed by atoms with Crippen molar-refractivity contribution >= 4 is 23.5 Å². The Balaban J connectivity index is 2.87. The van der Waals surface area contributed by atoms with Crippen molar-refractivity contribution < 1.29 is 0 Å². The van der Waals surface area contributed by atoms with Gasteiger partial charge in [-0.3, -0.25) is 4.99 Å². The van der Waals surface area contributed by atoms with Crippen LogP contribution < -0.4 is 5.73 Å². The molecule has 0 spiro atoms. The van der Waals surface area contributed by atoms with Gasteiger partial charge < -0.3 is 18.4 Å². The van der Waals surface area contributed by atoms with E-state index >= 15 is 0 Å². The van der Waals surface area contributed by atoms with Crippen molar-refractivity contribution in [3.05, 3.63) is 30.3 Å². The van der Waals surface area contributed by atoms with Crippen molar-refractivity contribution in [2.24, 2.45) is 10.7 Å². The Kier molecular flexibility index (Phi) is 2.23. The monoisotopic (exact) mass is 151 g/mol. The molecular weight excluding hydrogens is 144 g/mol. The molecule has 0 bridgehead atoms. The normalized spacial score (nSPS) is 11.4. The number of amidine groups is 1. The SMILES string of the molecule is NC([S-])=Nc1ccccc1. The lowest BCUT2D eigenvalue weighted by atomic mass is 10.3. The van der Waals surface area contributed by atoms with E-state index in [1.165, 1.54) is 0 Å². The summed E-state index contributed by atoms with van der Waals surface area (Å²) in [5.74, 6) is 0. The standard InChI is InChI=1S/C7H8N2S/c8-7(10)9-6-4-2-1-3-5-6/h1-5H,(H3,8,9,10)/p-1. The van der Waals surface area contributed by atoms with Crippen molar-refractivity contribution in [3.63, 3.8) is 0 Å². The van der Waals surface area contributed by atoms with Gasteiger partial charge in [0.05, 0.1) is 5.69 Å². The van der Waals surface area contributed by atoms with Gasteiger partial charge in [-0.15, -0.1) is 0 Å². The zero-order chi connectivity index (χ0) is 7.40. The van der Waals surface area contributed by atoms with Crippen LogP contribution in [0, 0.1) is 0 Å². The lowest BCUT2D eigenvalue weighted by molar-refractivity contribution is 1.51. The van der Waals surface area contributed by atoms with Crippen LogP contribution in [-0.2, 0) is 12.6 Å². The number of nitrogens with zero attached hydrogens (tertiary/aromatic N) is 1. The number of hydrogen-bond acceptors (Lipinski definition) is 2. The number of para-hydroxylation sites is 1. The van der Waals surface area contributed by atoms with Gasteiger partial charge in [0.25, 0.3) is 0 Å². The molecule has 2 nitrogen and oxygen atoms in total. The Morgan fingerprint density at radius 2 is 1.90 bits per heavy atom. The molecule has 0 aliphatic carbocycles. The molecule has 0 saturated carbocycles. The lowest BCUT2D eigenvalue weighted by Crippen LogP contribution is -2.04. The van der Waals surface area contributed by atoms with Crippen LogP contribution in [0.25, 0.3) is 0 Å². The smallest absolute Gasteiger partial charge is 0.0628 e. The molecule has 1 aromatic carbocycles. The fourth-order valence-electron chi connectivity index (χ4n) is 0.630. The predicted molar refractivity (Wildman–Crippen MR) is 45.1 cm³/mol. The number of hydrogen-bond donors (Lipinski definition) is 1. The molecule has 1 aromatic rings. The Labute approximate surface area is 65.2 Å². The Bertz CT molecular complexity index is 227. The molecule has 10 heavy (non-hydrogen) atoms. The zero-order valence-electron chi connectivity index (χ0n) is 5.32. The van der Waals surface area contributed by atoms with E-state index in [1.54, 1.807) is 0 Å². The third kappa shape index (κ3) is 2.03. The molecular formula is C7H7N2S-. The van der Waals surface area contributed by atoms with Gasteiger partial charge in [0.1, 0.15) is 0 Å². The average Bonchev–Trinajstić information content (AvgIpc) is 1.88. The van der Waals surface area contributed by atoms with Crippen LogP contribution >= 0.6 is 0 Å². The Hall–Kier alpha value is -1.09. The highest BCUT2D eigenvalue weighted by Gasteiger charge is 1.80. The van der Waals surface area contributed by atoms with E-state index in [-0.39, 0.29) is 5.17 Å². The topological polar surface area (TPSA) is 38.4 Å². The minimum Gasteiger partial charge on any atom is -0.743 e. The molecule has 1 rings (SSSR count). The molecule has 0 aliphatic heterocycles. The zero-order valence-corrected chi connectivity index (χ0v) is 6.14. The molecule has 0 unspecified atom stereocenters. The molecule has 2 N–H and O–H groups in total. The Morgan fingerprint density at radius 1 is 1.30 bits per heavy atom. The van der Waals surface area contributed by atoms with Crippen molar-refractivity contribution in [2.45, 2.75) is 0 Å². The van der Waals surface area contributed by atoms with Crippen LogP contribution in [0.4, 0.5) is 5.69 Å². The summed E-state index contributed by atoms with van der Waals surface area (Å²) in [6.45, 7) is 0. The summed E-state index contributed by atoms with van der Waals surface area (Å²) in [5.41, 5.74) is 5.99. The summed E-state index contributed by atoms with van der Waals surface area (Å²) in [4.78, 5) is 3.87. The predicted octanol–water partition coefficient (Wildman–Crippen LogP) is 1.18. The van der Waals surface area contributed by atoms with Gasteiger partial charge in [0.2, 0.25) is 0 Å². The second kappa shape index (κ2) is 3.17. The maximum Gasteiger partial charge on any atom is 0.0628 e. The highest BCUT2D eigenvalue weighted by atomic mass is 32.1. The highest BCUT2D eigenvalue weighted by molar-refractivity contribution is 7.77. The van der Waals surface area contributed by atoms with Gasteiger partial charge in [0, 0.05) is 0 Å². The first-order valence-corrected chi connectivity index (χ1v) is 3.26. The number of aliphatic imine (C=N–C) groups is 1. The van der Waals surface area contributed by atoms with Crippen molar-refractivity contribution in [2.75, 3.05) is 0 Å². The molecule has 0 aliphatic rings. The van der Waals surface area contributed by atoms with Crippen molar-refractivity contribution in [3.8, 4) is 0 Å². The number of rotatable bonds is 1. The van der Waals surface area contributed by atoms with Crippen LogP contribution in [0.15, 0.2) is 35.3 Å². The van der Waals surface area contributed by atoms with Gasteiger partial charge in [-0.05, 0) is 17.3 Å². The second-order valence-corrected chi connectivity index (χ2v) is 2.20. The first-order chi connectivity index (χ1) is 4.79. The molecule has 0 heterocycles. The van der Waals surface area contributed by atoms with E-state index in [2.05, 4.69) is 17.6 Å². The molecule has 0 amide bonds. The lowest BCUT2D eigenvalue weighted by Gasteiger charge is -2.01. The van der Waals surface area contributed by atoms with E-state index in [9.17, 15) is 0 Å². The van der Waals surface area contributed by atoms with E-state index in [0.29, 0.717) is 0 Å². The van der Waals surface area contributed by atoms with Crippen LogP contribution in [0.2, 0.25) is 0 Å². The molecule has 0 fully saturated rings. The first kappa shape index (κ1) is 7.02. The van der Waals surface area contributed by atoms with Gasteiger partial charge in [-0.2, -0.15) is 0 Å². The summed E-state index contributed by atoms with van der Waals surface area (Å²) in [7, 11) is 0. The van der Waals surface area contributed by atoms with Crippen molar-refractivity contribution in [1.29, 1.82) is 0 Å². The summed E-state index contributed by atoms with van der Waals surface area (Å²) < 4.78 is 0. The minimum atomic E-state index is 0.172. The van der Waals surface area contributed by atoms with E-state index in [4.69, 9.17) is 5.73 Å². The molecule has 0 radical (unpaired) electrons. The average molecular weight is 151 g/mol.